The van der Waals surface area contributed by atoms with Gasteiger partial charge in [-0.2, -0.15) is 0 Å². The number of piperidine rings is 2. The van der Waals surface area contributed by atoms with Gasteiger partial charge in [-0.25, -0.2) is 4.39 Å². The van der Waals surface area contributed by atoms with Gasteiger partial charge in [0.2, 0.25) is 0 Å². The largest absolute Gasteiger partial charge is 0.313 e. The minimum Gasteiger partial charge on any atom is -0.313 e. The highest BCUT2D eigenvalue weighted by molar-refractivity contribution is 5.85. The minimum absolute atomic E-state index is 0. The molecular weight excluding hydrogens is 237 g/mol. The summed E-state index contributed by atoms with van der Waals surface area (Å²) in [6.07, 6.45) is 5.97. The molecule has 0 atom stereocenters. The predicted molar refractivity (Wildman–Crippen MR) is 70.0 cm³/mol. The smallest absolute Gasteiger partial charge is 0.126 e. The highest BCUT2D eigenvalue weighted by atomic mass is 35.5. The van der Waals surface area contributed by atoms with Gasteiger partial charge in [0, 0.05) is 12.6 Å². The molecule has 2 bridgehead atoms. The number of nitrogens with one attached hydrogen (secondary N) is 1. The topological polar surface area (TPSA) is 12.0 Å². The summed E-state index contributed by atoms with van der Waals surface area (Å²) in [5.74, 6) is -0.0374. The highest BCUT2D eigenvalue weighted by Crippen LogP contribution is 2.42. The Bertz CT molecular complexity index is 372. The lowest BCUT2D eigenvalue weighted by atomic mass is 9.66. The van der Waals surface area contributed by atoms with Crippen molar-refractivity contribution >= 4 is 12.4 Å². The van der Waals surface area contributed by atoms with E-state index in [2.05, 4.69) is 5.32 Å². The SMILES string of the molecule is Cl.Fc1ccccc1CC12CCC(CC1)NC2. The maximum absolute atomic E-state index is 13.6. The normalized spacial score (nSPS) is 31.0. The fourth-order valence-corrected chi connectivity index (χ4v) is 3.26. The lowest BCUT2D eigenvalue weighted by Gasteiger charge is -2.47. The highest BCUT2D eigenvalue weighted by Gasteiger charge is 2.40. The Morgan fingerprint density at radius 3 is 2.53 bits per heavy atom. The van der Waals surface area contributed by atoms with Crippen LogP contribution in [0.4, 0.5) is 4.39 Å². The summed E-state index contributed by atoms with van der Waals surface area (Å²) in [4.78, 5) is 0. The standard InChI is InChI=1S/C14H18FN.ClH/c15-13-4-2-1-3-11(13)9-14-7-5-12(6-8-14)16-10-14;/h1-4,12,16H,5-10H2;1H. The number of hydrogen-bond acceptors (Lipinski definition) is 1. The van der Waals surface area contributed by atoms with Crippen LogP contribution in [0.3, 0.4) is 0 Å². The molecule has 1 nitrogen and oxygen atoms in total. The van der Waals surface area contributed by atoms with Crippen LogP contribution >= 0.6 is 12.4 Å². The first-order valence-corrected chi connectivity index (χ1v) is 6.24. The molecule has 1 aliphatic carbocycles. The fourth-order valence-electron chi connectivity index (χ4n) is 3.26. The van der Waals surface area contributed by atoms with Crippen LogP contribution in [0.2, 0.25) is 0 Å². The van der Waals surface area contributed by atoms with Gasteiger partial charge >= 0.3 is 0 Å². The Labute approximate surface area is 108 Å². The molecule has 0 aromatic heterocycles. The van der Waals surface area contributed by atoms with E-state index in [1.807, 2.05) is 12.1 Å². The van der Waals surface area contributed by atoms with Crippen LogP contribution in [0.1, 0.15) is 31.2 Å². The quantitative estimate of drug-likeness (QED) is 0.855. The van der Waals surface area contributed by atoms with Crippen LogP contribution < -0.4 is 5.32 Å². The van der Waals surface area contributed by atoms with Crippen molar-refractivity contribution in [2.75, 3.05) is 6.54 Å². The van der Waals surface area contributed by atoms with Gasteiger partial charge in [-0.3, -0.25) is 0 Å². The Morgan fingerprint density at radius 2 is 1.94 bits per heavy atom. The van der Waals surface area contributed by atoms with E-state index in [0.29, 0.717) is 5.41 Å². The Balaban J connectivity index is 0.00000108. The summed E-state index contributed by atoms with van der Waals surface area (Å²) in [7, 11) is 0. The first-order chi connectivity index (χ1) is 7.77. The third-order valence-corrected chi connectivity index (χ3v) is 4.34. The number of benzene rings is 1. The molecule has 3 fully saturated rings. The van der Waals surface area contributed by atoms with Gasteiger partial charge < -0.3 is 5.32 Å². The second kappa shape index (κ2) is 4.95. The molecule has 1 N–H and O–H groups in total. The molecule has 94 valence electrons. The number of halogens is 2. The first-order valence-electron chi connectivity index (χ1n) is 6.24. The van der Waals surface area contributed by atoms with Crippen molar-refractivity contribution in [2.45, 2.75) is 38.1 Å². The Hall–Kier alpha value is -0.600. The molecule has 0 spiro atoms. The molecule has 3 aliphatic rings. The van der Waals surface area contributed by atoms with E-state index < -0.39 is 0 Å². The molecule has 2 aliphatic heterocycles. The molecule has 2 saturated heterocycles. The maximum Gasteiger partial charge on any atom is 0.126 e. The van der Waals surface area contributed by atoms with Crippen molar-refractivity contribution in [1.29, 1.82) is 0 Å². The van der Waals surface area contributed by atoms with Crippen LogP contribution in [-0.4, -0.2) is 12.6 Å². The lowest BCUT2D eigenvalue weighted by molar-refractivity contribution is 0.0953. The summed E-state index contributed by atoms with van der Waals surface area (Å²) in [5.41, 5.74) is 1.22. The fraction of sp³-hybridized carbons (Fsp3) is 0.571. The van der Waals surface area contributed by atoms with E-state index in [9.17, 15) is 4.39 Å². The summed E-state index contributed by atoms with van der Waals surface area (Å²) >= 11 is 0. The third-order valence-electron chi connectivity index (χ3n) is 4.34. The van der Waals surface area contributed by atoms with Gasteiger partial charge in [-0.1, -0.05) is 18.2 Å². The summed E-state index contributed by atoms with van der Waals surface area (Å²) in [6.45, 7) is 1.08. The lowest BCUT2D eigenvalue weighted by Crippen LogP contribution is -2.52. The summed E-state index contributed by atoms with van der Waals surface area (Å²) in [5, 5.41) is 3.58. The van der Waals surface area contributed by atoms with E-state index in [1.165, 1.54) is 25.7 Å². The van der Waals surface area contributed by atoms with E-state index in [0.717, 1.165) is 24.6 Å². The van der Waals surface area contributed by atoms with Crippen LogP contribution in [-0.2, 0) is 6.42 Å². The number of hydrogen-bond donors (Lipinski definition) is 1. The average molecular weight is 256 g/mol. The molecule has 17 heavy (non-hydrogen) atoms. The van der Waals surface area contributed by atoms with Gasteiger partial charge in [0.25, 0.3) is 0 Å². The van der Waals surface area contributed by atoms with Gasteiger partial charge in [-0.05, 0) is 49.1 Å². The second-order valence-corrected chi connectivity index (χ2v) is 5.42. The van der Waals surface area contributed by atoms with Crippen molar-refractivity contribution in [3.63, 3.8) is 0 Å². The van der Waals surface area contributed by atoms with Crippen LogP contribution in [0.25, 0.3) is 0 Å². The molecule has 2 heterocycles. The second-order valence-electron chi connectivity index (χ2n) is 5.42. The summed E-state index contributed by atoms with van der Waals surface area (Å²) in [6, 6.07) is 7.96. The molecular formula is C14H19ClFN. The van der Waals surface area contributed by atoms with Gasteiger partial charge in [0.15, 0.2) is 0 Å². The first kappa shape index (κ1) is 12.8. The van der Waals surface area contributed by atoms with Crippen LogP contribution in [0.5, 0.6) is 0 Å². The van der Waals surface area contributed by atoms with E-state index in [4.69, 9.17) is 0 Å². The van der Waals surface area contributed by atoms with Crippen LogP contribution in [0.15, 0.2) is 24.3 Å². The zero-order chi connectivity index (χ0) is 11.0. The van der Waals surface area contributed by atoms with Crippen molar-refractivity contribution in [2.24, 2.45) is 5.41 Å². The molecule has 3 heteroatoms. The summed E-state index contributed by atoms with van der Waals surface area (Å²) < 4.78 is 13.6. The van der Waals surface area contributed by atoms with Crippen molar-refractivity contribution in [1.82, 2.24) is 5.32 Å². The minimum atomic E-state index is -0.0374. The molecule has 0 unspecified atom stereocenters. The Kier molecular flexibility index (Phi) is 3.74. The zero-order valence-corrected chi connectivity index (χ0v) is 10.7. The van der Waals surface area contributed by atoms with E-state index >= 15 is 0 Å². The van der Waals surface area contributed by atoms with E-state index in [-0.39, 0.29) is 18.2 Å². The van der Waals surface area contributed by atoms with Gasteiger partial charge in [0.1, 0.15) is 5.82 Å². The van der Waals surface area contributed by atoms with Crippen LogP contribution in [0, 0.1) is 11.2 Å². The van der Waals surface area contributed by atoms with E-state index in [1.54, 1.807) is 12.1 Å². The number of rotatable bonds is 2. The molecule has 4 rings (SSSR count). The third kappa shape index (κ3) is 2.48. The molecule has 1 aromatic rings. The maximum atomic E-state index is 13.6. The van der Waals surface area contributed by atoms with Crippen molar-refractivity contribution < 1.29 is 4.39 Å². The molecule has 0 radical (unpaired) electrons. The van der Waals surface area contributed by atoms with Crippen molar-refractivity contribution in [3.8, 4) is 0 Å². The Morgan fingerprint density at radius 1 is 1.24 bits per heavy atom. The van der Waals surface area contributed by atoms with Gasteiger partial charge in [-0.15, -0.1) is 12.4 Å². The monoisotopic (exact) mass is 255 g/mol. The molecule has 0 amide bonds. The average Bonchev–Trinajstić information content (AvgIpc) is 2.34. The van der Waals surface area contributed by atoms with Crippen molar-refractivity contribution in [3.05, 3.63) is 35.6 Å². The number of fused-ring (bicyclic) bond motifs is 3. The predicted octanol–water partition coefficient (Wildman–Crippen LogP) is 3.32. The van der Waals surface area contributed by atoms with Gasteiger partial charge in [0.05, 0.1) is 0 Å². The molecule has 1 saturated carbocycles. The molecule has 1 aromatic carbocycles. The zero-order valence-electron chi connectivity index (χ0n) is 9.92.